The second-order valence-electron chi connectivity index (χ2n) is 3.85. The van der Waals surface area contributed by atoms with Gasteiger partial charge in [-0.05, 0) is 32.2 Å². The summed E-state index contributed by atoms with van der Waals surface area (Å²) in [5.41, 5.74) is 1.28. The minimum absolute atomic E-state index is 0.145. The Morgan fingerprint density at radius 1 is 1.44 bits per heavy atom. The van der Waals surface area contributed by atoms with E-state index in [0.29, 0.717) is 5.69 Å². The molecule has 0 atom stereocenters. The molecule has 1 aromatic rings. The lowest BCUT2D eigenvalue weighted by atomic mass is 10.1. The number of carbonyl (C=O) groups excluding carboxylic acids is 1. The van der Waals surface area contributed by atoms with Crippen LogP contribution in [0.15, 0.2) is 30.0 Å². The van der Waals surface area contributed by atoms with E-state index in [-0.39, 0.29) is 11.3 Å². The Hall–Kier alpha value is -2.37. The Balaban J connectivity index is 3.16. The minimum atomic E-state index is -0.605. The third-order valence-electron chi connectivity index (χ3n) is 2.13. The molecule has 0 aliphatic rings. The molecule has 1 N–H and O–H groups in total. The summed E-state index contributed by atoms with van der Waals surface area (Å²) in [6, 6.07) is 4.14. The summed E-state index contributed by atoms with van der Waals surface area (Å²) in [5.74, 6) is -0.605. The fourth-order valence-electron chi connectivity index (χ4n) is 1.27. The lowest BCUT2D eigenvalue weighted by molar-refractivity contribution is -0.384. The SMILES string of the molecule is COC(=O)c1ccc(NC=C(C)C)c([N+](=O)[O-])c1. The topological polar surface area (TPSA) is 81.5 Å². The number of anilines is 1. The Kier molecular flexibility index (Phi) is 4.42. The van der Waals surface area contributed by atoms with Crippen LogP contribution >= 0.6 is 0 Å². The number of rotatable bonds is 4. The van der Waals surface area contributed by atoms with Crippen molar-refractivity contribution >= 4 is 17.3 Å². The van der Waals surface area contributed by atoms with E-state index >= 15 is 0 Å². The molecule has 96 valence electrons. The highest BCUT2D eigenvalue weighted by Crippen LogP contribution is 2.26. The number of ether oxygens (including phenoxy) is 1. The molecule has 6 heteroatoms. The Labute approximate surface area is 104 Å². The van der Waals surface area contributed by atoms with Crippen LogP contribution in [0.3, 0.4) is 0 Å². The summed E-state index contributed by atoms with van der Waals surface area (Å²) in [6.45, 7) is 3.73. The maximum absolute atomic E-state index is 11.3. The summed E-state index contributed by atoms with van der Waals surface area (Å²) < 4.78 is 4.52. The predicted octanol–water partition coefficient (Wildman–Crippen LogP) is 2.72. The van der Waals surface area contributed by atoms with Crippen LogP contribution in [0.2, 0.25) is 0 Å². The Morgan fingerprint density at radius 2 is 2.11 bits per heavy atom. The van der Waals surface area contributed by atoms with Crippen molar-refractivity contribution in [2.24, 2.45) is 0 Å². The first kappa shape index (κ1) is 13.7. The van der Waals surface area contributed by atoms with Crippen LogP contribution in [0.5, 0.6) is 0 Å². The van der Waals surface area contributed by atoms with E-state index < -0.39 is 10.9 Å². The lowest BCUT2D eigenvalue weighted by Crippen LogP contribution is -2.04. The molecule has 0 aliphatic carbocycles. The van der Waals surface area contributed by atoms with Gasteiger partial charge in [0, 0.05) is 6.07 Å². The van der Waals surface area contributed by atoms with Crippen molar-refractivity contribution in [3.63, 3.8) is 0 Å². The second-order valence-corrected chi connectivity index (χ2v) is 3.85. The largest absolute Gasteiger partial charge is 0.465 e. The first-order valence-electron chi connectivity index (χ1n) is 5.22. The highest BCUT2D eigenvalue weighted by atomic mass is 16.6. The second kappa shape index (κ2) is 5.81. The van der Waals surface area contributed by atoms with E-state index in [1.165, 1.54) is 25.3 Å². The first-order chi connectivity index (χ1) is 8.45. The van der Waals surface area contributed by atoms with E-state index in [9.17, 15) is 14.9 Å². The Bertz CT molecular complexity index is 505. The molecule has 0 bridgehead atoms. The zero-order valence-corrected chi connectivity index (χ0v) is 10.4. The number of esters is 1. The summed E-state index contributed by atoms with van der Waals surface area (Å²) in [5, 5.41) is 13.7. The van der Waals surface area contributed by atoms with Crippen LogP contribution in [0.4, 0.5) is 11.4 Å². The zero-order valence-electron chi connectivity index (χ0n) is 10.4. The van der Waals surface area contributed by atoms with Crippen molar-refractivity contribution in [3.05, 3.63) is 45.6 Å². The number of methoxy groups -OCH3 is 1. The quantitative estimate of drug-likeness (QED) is 0.504. The number of allylic oxidation sites excluding steroid dienone is 1. The summed E-state index contributed by atoms with van der Waals surface area (Å²) in [6.07, 6.45) is 1.65. The molecule has 0 saturated heterocycles. The van der Waals surface area contributed by atoms with Gasteiger partial charge < -0.3 is 10.1 Å². The summed E-state index contributed by atoms with van der Waals surface area (Å²) in [7, 11) is 1.23. The number of hydrogen-bond donors (Lipinski definition) is 1. The highest BCUT2D eigenvalue weighted by molar-refractivity contribution is 5.91. The molecule has 18 heavy (non-hydrogen) atoms. The predicted molar refractivity (Wildman–Crippen MR) is 67.5 cm³/mol. The van der Waals surface area contributed by atoms with Crippen LogP contribution in [0.25, 0.3) is 0 Å². The minimum Gasteiger partial charge on any atom is -0.465 e. The molecule has 0 aromatic heterocycles. The van der Waals surface area contributed by atoms with E-state index in [0.717, 1.165) is 5.57 Å². The third kappa shape index (κ3) is 3.31. The monoisotopic (exact) mass is 250 g/mol. The van der Waals surface area contributed by atoms with Gasteiger partial charge in [-0.2, -0.15) is 0 Å². The van der Waals surface area contributed by atoms with Crippen molar-refractivity contribution in [2.75, 3.05) is 12.4 Å². The molecule has 0 heterocycles. The molecule has 0 saturated carbocycles. The van der Waals surface area contributed by atoms with Crippen LogP contribution in [-0.4, -0.2) is 18.0 Å². The van der Waals surface area contributed by atoms with Crippen molar-refractivity contribution in [2.45, 2.75) is 13.8 Å². The van der Waals surface area contributed by atoms with E-state index in [2.05, 4.69) is 10.1 Å². The van der Waals surface area contributed by atoms with Gasteiger partial charge in [0.05, 0.1) is 17.6 Å². The zero-order chi connectivity index (χ0) is 13.7. The molecule has 0 unspecified atom stereocenters. The number of carbonyl (C=O) groups is 1. The molecule has 0 aliphatic heterocycles. The number of nitro groups is 1. The van der Waals surface area contributed by atoms with Gasteiger partial charge in [-0.25, -0.2) is 4.79 Å². The molecule has 1 rings (SSSR count). The van der Waals surface area contributed by atoms with Gasteiger partial charge in [-0.3, -0.25) is 10.1 Å². The molecule has 0 fully saturated rings. The average Bonchev–Trinajstić information content (AvgIpc) is 2.34. The van der Waals surface area contributed by atoms with E-state index in [1.54, 1.807) is 6.20 Å². The molecule has 1 aromatic carbocycles. The van der Waals surface area contributed by atoms with Gasteiger partial charge in [0.1, 0.15) is 5.69 Å². The summed E-state index contributed by atoms with van der Waals surface area (Å²) in [4.78, 5) is 21.7. The Morgan fingerprint density at radius 3 is 2.61 bits per heavy atom. The van der Waals surface area contributed by atoms with Crippen molar-refractivity contribution in [1.29, 1.82) is 0 Å². The number of nitrogens with one attached hydrogen (secondary N) is 1. The molecular formula is C12H14N2O4. The molecular weight excluding hydrogens is 236 g/mol. The van der Waals surface area contributed by atoms with Crippen molar-refractivity contribution < 1.29 is 14.5 Å². The smallest absolute Gasteiger partial charge is 0.338 e. The number of nitro benzene ring substituents is 1. The van der Waals surface area contributed by atoms with Gasteiger partial charge in [-0.1, -0.05) is 5.57 Å². The highest BCUT2D eigenvalue weighted by Gasteiger charge is 2.17. The number of hydrogen-bond acceptors (Lipinski definition) is 5. The van der Waals surface area contributed by atoms with Gasteiger partial charge in [0.2, 0.25) is 0 Å². The molecule has 6 nitrogen and oxygen atoms in total. The van der Waals surface area contributed by atoms with Crippen LogP contribution < -0.4 is 5.32 Å². The average molecular weight is 250 g/mol. The maximum atomic E-state index is 11.3. The first-order valence-corrected chi connectivity index (χ1v) is 5.22. The fourth-order valence-corrected chi connectivity index (χ4v) is 1.27. The van der Waals surface area contributed by atoms with Crippen LogP contribution in [0.1, 0.15) is 24.2 Å². The number of nitrogens with zero attached hydrogens (tertiary/aromatic N) is 1. The van der Waals surface area contributed by atoms with Gasteiger partial charge in [0.25, 0.3) is 5.69 Å². The van der Waals surface area contributed by atoms with Crippen LogP contribution in [0, 0.1) is 10.1 Å². The molecule has 0 spiro atoms. The standard InChI is InChI=1S/C12H14N2O4/c1-8(2)7-13-10-5-4-9(12(15)18-3)6-11(10)14(16)17/h4-7,13H,1-3H3. The van der Waals surface area contributed by atoms with Gasteiger partial charge in [0.15, 0.2) is 0 Å². The summed E-state index contributed by atoms with van der Waals surface area (Å²) >= 11 is 0. The third-order valence-corrected chi connectivity index (χ3v) is 2.13. The van der Waals surface area contributed by atoms with E-state index in [4.69, 9.17) is 0 Å². The normalized spacial score (nSPS) is 9.50. The number of benzene rings is 1. The van der Waals surface area contributed by atoms with E-state index in [1.807, 2.05) is 13.8 Å². The van der Waals surface area contributed by atoms with Gasteiger partial charge >= 0.3 is 5.97 Å². The van der Waals surface area contributed by atoms with Crippen LogP contribution in [-0.2, 0) is 4.74 Å². The molecule has 0 radical (unpaired) electrons. The van der Waals surface area contributed by atoms with Gasteiger partial charge in [-0.15, -0.1) is 0 Å². The van der Waals surface area contributed by atoms with Crippen molar-refractivity contribution in [3.8, 4) is 0 Å². The van der Waals surface area contributed by atoms with Crippen molar-refractivity contribution in [1.82, 2.24) is 0 Å². The fraction of sp³-hybridized carbons (Fsp3) is 0.250. The maximum Gasteiger partial charge on any atom is 0.338 e. The lowest BCUT2D eigenvalue weighted by Gasteiger charge is -2.05. The molecule has 0 amide bonds.